The summed E-state index contributed by atoms with van der Waals surface area (Å²) in [5.41, 5.74) is 1.97. The number of benzene rings is 2. The fourth-order valence-electron chi connectivity index (χ4n) is 3.88. The highest BCUT2D eigenvalue weighted by atomic mass is 32.2. The second-order valence-electron chi connectivity index (χ2n) is 8.72. The van der Waals surface area contributed by atoms with E-state index < -0.39 is 21.7 Å². The molecule has 4 rings (SSSR count). The van der Waals surface area contributed by atoms with Crippen molar-refractivity contribution >= 4 is 15.9 Å². The van der Waals surface area contributed by atoms with Crippen molar-refractivity contribution in [1.82, 2.24) is 9.21 Å². The molecule has 0 bridgehead atoms. The first-order valence-electron chi connectivity index (χ1n) is 11.0. The predicted molar refractivity (Wildman–Crippen MR) is 119 cm³/mol. The van der Waals surface area contributed by atoms with Gasteiger partial charge in [-0.1, -0.05) is 38.1 Å². The summed E-state index contributed by atoms with van der Waals surface area (Å²) in [6, 6.07) is 11.6. The zero-order chi connectivity index (χ0) is 22.9. The van der Waals surface area contributed by atoms with Crippen LogP contribution < -0.4 is 0 Å². The van der Waals surface area contributed by atoms with Crippen molar-refractivity contribution in [2.75, 3.05) is 26.3 Å². The Bertz CT molecular complexity index is 1080. The van der Waals surface area contributed by atoms with Crippen molar-refractivity contribution in [1.29, 1.82) is 0 Å². The maximum Gasteiger partial charge on any atom is 0.257 e. The van der Waals surface area contributed by atoms with Crippen LogP contribution >= 0.6 is 0 Å². The molecule has 172 valence electrons. The molecule has 2 aromatic carbocycles. The molecular formula is C24H29FN2O4S. The van der Waals surface area contributed by atoms with Crippen molar-refractivity contribution in [3.8, 4) is 0 Å². The van der Waals surface area contributed by atoms with Crippen LogP contribution in [-0.4, -0.2) is 55.9 Å². The molecule has 0 spiro atoms. The van der Waals surface area contributed by atoms with Gasteiger partial charge in [-0.05, 0) is 48.1 Å². The minimum Gasteiger partial charge on any atom is -0.379 e. The molecule has 1 saturated carbocycles. The number of carbonyl (C=O) groups excluding carboxylic acids is 1. The normalized spacial score (nSPS) is 17.5. The van der Waals surface area contributed by atoms with Crippen molar-refractivity contribution in [3.63, 3.8) is 0 Å². The monoisotopic (exact) mass is 460 g/mol. The molecule has 2 aliphatic rings. The highest BCUT2D eigenvalue weighted by molar-refractivity contribution is 7.89. The fraction of sp³-hybridized carbons (Fsp3) is 0.458. The smallest absolute Gasteiger partial charge is 0.257 e. The third kappa shape index (κ3) is 4.87. The summed E-state index contributed by atoms with van der Waals surface area (Å²) in [7, 11) is -3.82. The molecule has 1 aliphatic carbocycles. The molecular weight excluding hydrogens is 431 g/mol. The number of ether oxygens (including phenoxy) is 1. The third-order valence-electron chi connectivity index (χ3n) is 6.02. The van der Waals surface area contributed by atoms with E-state index in [0.29, 0.717) is 25.7 Å². The average Bonchev–Trinajstić information content (AvgIpc) is 3.63. The number of amides is 1. The summed E-state index contributed by atoms with van der Waals surface area (Å²) in [5, 5.41) is 0. The summed E-state index contributed by atoms with van der Waals surface area (Å²) >= 11 is 0. The summed E-state index contributed by atoms with van der Waals surface area (Å²) in [6.45, 7) is 5.72. The van der Waals surface area contributed by atoms with Gasteiger partial charge in [0.2, 0.25) is 10.0 Å². The second-order valence-corrected chi connectivity index (χ2v) is 10.7. The van der Waals surface area contributed by atoms with Crippen LogP contribution in [0.15, 0.2) is 47.4 Å². The molecule has 6 nitrogen and oxygen atoms in total. The minimum atomic E-state index is -3.82. The van der Waals surface area contributed by atoms with Gasteiger partial charge in [0.1, 0.15) is 5.82 Å². The van der Waals surface area contributed by atoms with Crippen LogP contribution in [0, 0.1) is 5.82 Å². The van der Waals surface area contributed by atoms with Gasteiger partial charge in [0.15, 0.2) is 0 Å². The Hall–Kier alpha value is -2.29. The zero-order valence-corrected chi connectivity index (χ0v) is 19.3. The van der Waals surface area contributed by atoms with Crippen LogP contribution in [0.3, 0.4) is 0 Å². The Morgan fingerprint density at radius 1 is 1.12 bits per heavy atom. The van der Waals surface area contributed by atoms with E-state index in [1.165, 1.54) is 22.0 Å². The van der Waals surface area contributed by atoms with Crippen LogP contribution in [0.4, 0.5) is 4.39 Å². The highest BCUT2D eigenvalue weighted by Gasteiger charge is 2.35. The molecule has 32 heavy (non-hydrogen) atoms. The van der Waals surface area contributed by atoms with Crippen LogP contribution in [0.1, 0.15) is 54.1 Å². The summed E-state index contributed by atoms with van der Waals surface area (Å²) in [5.74, 6) is -0.774. The lowest BCUT2D eigenvalue weighted by atomic mass is 10.0. The molecule has 0 N–H and O–H groups in total. The van der Waals surface area contributed by atoms with Gasteiger partial charge in [0.25, 0.3) is 5.91 Å². The number of carbonyl (C=O) groups is 1. The maximum atomic E-state index is 14.7. The minimum absolute atomic E-state index is 0.0474. The Morgan fingerprint density at radius 3 is 2.38 bits per heavy atom. The largest absolute Gasteiger partial charge is 0.379 e. The number of halogens is 1. The van der Waals surface area contributed by atoms with Crippen molar-refractivity contribution < 1.29 is 22.3 Å². The molecule has 2 fully saturated rings. The molecule has 1 saturated heterocycles. The van der Waals surface area contributed by atoms with E-state index in [1.807, 2.05) is 24.3 Å². The molecule has 2 aromatic rings. The Balaban J connectivity index is 1.59. The van der Waals surface area contributed by atoms with Gasteiger partial charge in [0.05, 0.1) is 23.7 Å². The molecule has 0 atom stereocenters. The topological polar surface area (TPSA) is 66.9 Å². The maximum absolute atomic E-state index is 14.7. The number of hydrogen-bond donors (Lipinski definition) is 0. The Morgan fingerprint density at radius 2 is 1.78 bits per heavy atom. The standard InChI is InChI=1S/C24H29FN2O4S/c1-17(2)19-5-3-18(4-6-19)16-27(20-7-8-20)24(28)22-15-21(9-10-23(22)25)32(29,30)26-11-13-31-14-12-26/h3-6,9-10,15,17,20H,7-8,11-14,16H2,1-2H3. The lowest BCUT2D eigenvalue weighted by Crippen LogP contribution is -2.40. The van der Waals surface area contributed by atoms with E-state index in [1.54, 1.807) is 4.90 Å². The van der Waals surface area contributed by atoms with Gasteiger partial charge >= 0.3 is 0 Å². The third-order valence-corrected chi connectivity index (χ3v) is 7.92. The van der Waals surface area contributed by atoms with E-state index in [2.05, 4.69) is 13.8 Å². The van der Waals surface area contributed by atoms with Crippen LogP contribution in [-0.2, 0) is 21.3 Å². The molecule has 8 heteroatoms. The Labute approximate surface area is 189 Å². The van der Waals surface area contributed by atoms with Crippen molar-refractivity contribution in [3.05, 3.63) is 65.0 Å². The van der Waals surface area contributed by atoms with Crippen molar-refractivity contribution in [2.24, 2.45) is 0 Å². The van der Waals surface area contributed by atoms with Gasteiger partial charge < -0.3 is 9.64 Å². The molecule has 0 aromatic heterocycles. The zero-order valence-electron chi connectivity index (χ0n) is 18.5. The lowest BCUT2D eigenvalue weighted by molar-refractivity contribution is 0.0722. The summed E-state index contributed by atoms with van der Waals surface area (Å²) in [6.07, 6.45) is 1.73. The van der Waals surface area contributed by atoms with E-state index in [9.17, 15) is 17.6 Å². The number of morpholine rings is 1. The van der Waals surface area contributed by atoms with E-state index >= 15 is 0 Å². The van der Waals surface area contributed by atoms with E-state index in [4.69, 9.17) is 4.74 Å². The highest BCUT2D eigenvalue weighted by Crippen LogP contribution is 2.31. The fourth-order valence-corrected chi connectivity index (χ4v) is 5.31. The number of hydrogen-bond acceptors (Lipinski definition) is 4. The first kappa shape index (κ1) is 22.9. The number of sulfonamides is 1. The van der Waals surface area contributed by atoms with Gasteiger partial charge in [0, 0.05) is 25.7 Å². The van der Waals surface area contributed by atoms with Gasteiger partial charge in [-0.15, -0.1) is 0 Å². The summed E-state index contributed by atoms with van der Waals surface area (Å²) in [4.78, 5) is 14.9. The Kier molecular flexibility index (Phi) is 6.65. The molecule has 1 aliphatic heterocycles. The van der Waals surface area contributed by atoms with Gasteiger partial charge in [-0.2, -0.15) is 4.31 Å². The van der Waals surface area contributed by atoms with E-state index in [0.717, 1.165) is 24.5 Å². The first-order chi connectivity index (χ1) is 15.3. The molecule has 1 amide bonds. The van der Waals surface area contributed by atoms with Gasteiger partial charge in [-0.25, -0.2) is 12.8 Å². The first-order valence-corrected chi connectivity index (χ1v) is 12.5. The summed E-state index contributed by atoms with van der Waals surface area (Å²) < 4.78 is 47.2. The number of nitrogens with zero attached hydrogens (tertiary/aromatic N) is 2. The second kappa shape index (κ2) is 9.29. The SMILES string of the molecule is CC(C)c1ccc(CN(C(=O)c2cc(S(=O)(=O)N3CCOCC3)ccc2F)C2CC2)cc1. The molecule has 0 unspecified atom stereocenters. The van der Waals surface area contributed by atoms with Crippen molar-refractivity contribution in [2.45, 2.75) is 50.1 Å². The van der Waals surface area contributed by atoms with Gasteiger partial charge in [-0.3, -0.25) is 4.79 Å². The predicted octanol–water partition coefficient (Wildman–Crippen LogP) is 3.77. The average molecular weight is 461 g/mol. The van der Waals surface area contributed by atoms with Crippen LogP contribution in [0.25, 0.3) is 0 Å². The van der Waals surface area contributed by atoms with Crippen LogP contribution in [0.2, 0.25) is 0 Å². The molecule has 1 heterocycles. The van der Waals surface area contributed by atoms with E-state index in [-0.39, 0.29) is 29.6 Å². The quantitative estimate of drug-likeness (QED) is 0.631. The number of rotatable bonds is 7. The van der Waals surface area contributed by atoms with Crippen LogP contribution in [0.5, 0.6) is 0 Å². The lowest BCUT2D eigenvalue weighted by Gasteiger charge is -2.27. The molecule has 0 radical (unpaired) electrons.